The lowest BCUT2D eigenvalue weighted by Gasteiger charge is -2.51. The molecule has 2 aliphatic heterocycles. The zero-order chi connectivity index (χ0) is 28.8. The molecular formula is C34H54N2O4. The van der Waals surface area contributed by atoms with Gasteiger partial charge >= 0.3 is 0 Å². The first-order valence-electron chi connectivity index (χ1n) is 16.9. The number of likely N-dealkylation sites (tertiary alicyclic amines) is 2. The normalized spacial score (nSPS) is 29.3. The van der Waals surface area contributed by atoms with Crippen LogP contribution in [0.2, 0.25) is 0 Å². The summed E-state index contributed by atoms with van der Waals surface area (Å²) >= 11 is 0. The van der Waals surface area contributed by atoms with Gasteiger partial charge in [-0.1, -0.05) is 116 Å². The van der Waals surface area contributed by atoms with E-state index in [1.54, 1.807) is 0 Å². The fraction of sp³-hybridized carbons (Fsp3) is 0.824. The number of hydrogen-bond donors (Lipinski definition) is 0. The van der Waals surface area contributed by atoms with Gasteiger partial charge in [0.2, 0.25) is 23.6 Å². The predicted molar refractivity (Wildman–Crippen MR) is 158 cm³/mol. The summed E-state index contributed by atoms with van der Waals surface area (Å²) < 4.78 is 0. The second-order valence-corrected chi connectivity index (χ2v) is 12.9. The molecule has 0 radical (unpaired) electrons. The number of hydrogen-bond acceptors (Lipinski definition) is 4. The van der Waals surface area contributed by atoms with Gasteiger partial charge in [0, 0.05) is 24.9 Å². The molecule has 0 N–H and O–H groups in total. The van der Waals surface area contributed by atoms with E-state index in [0.717, 1.165) is 64.2 Å². The van der Waals surface area contributed by atoms with Gasteiger partial charge in [-0.15, -0.1) is 0 Å². The highest BCUT2D eigenvalue weighted by atomic mass is 16.2. The number of carbonyl (C=O) groups excluding carboxylic acids is 4. The number of carbonyl (C=O) groups is 4. The van der Waals surface area contributed by atoms with Crippen LogP contribution in [0.25, 0.3) is 0 Å². The van der Waals surface area contributed by atoms with Gasteiger partial charge in [0.05, 0.1) is 23.7 Å². The average Bonchev–Trinajstić information content (AvgIpc) is 3.35. The fourth-order valence-electron chi connectivity index (χ4n) is 8.54. The van der Waals surface area contributed by atoms with Gasteiger partial charge in [0.25, 0.3) is 0 Å². The van der Waals surface area contributed by atoms with Crippen molar-refractivity contribution in [3.63, 3.8) is 0 Å². The molecule has 2 heterocycles. The van der Waals surface area contributed by atoms with Gasteiger partial charge in [-0.25, -0.2) is 0 Å². The van der Waals surface area contributed by atoms with Crippen molar-refractivity contribution in [2.24, 2.45) is 35.5 Å². The molecule has 40 heavy (non-hydrogen) atoms. The Morgan fingerprint density at radius 3 is 1.00 bits per heavy atom. The van der Waals surface area contributed by atoms with E-state index >= 15 is 0 Å². The summed E-state index contributed by atoms with van der Waals surface area (Å²) in [6, 6.07) is 0. The molecule has 0 aromatic heterocycles. The molecule has 5 rings (SSSR count). The van der Waals surface area contributed by atoms with Crippen molar-refractivity contribution in [1.29, 1.82) is 0 Å². The molecule has 4 amide bonds. The standard InChI is InChI=1S/C34H54N2O4/c1-5-9-11-13-15-17-21-35-31(37)27-25-23(19-7-3)24(20-8-4)26(28(27)32(35)38)30-29(25)33(39)36(34(30)40)22-18-16-14-12-10-6-2/h25-30H,5-22H2,1-4H3. The number of imide groups is 2. The second-order valence-electron chi connectivity index (χ2n) is 12.9. The molecule has 3 aliphatic carbocycles. The lowest BCUT2D eigenvalue weighted by molar-refractivity contribution is -0.140. The Morgan fingerprint density at radius 2 is 0.700 bits per heavy atom. The predicted octanol–water partition coefficient (Wildman–Crippen LogP) is 7.07. The van der Waals surface area contributed by atoms with Gasteiger partial charge in [0.1, 0.15) is 0 Å². The van der Waals surface area contributed by atoms with Crippen molar-refractivity contribution in [3.05, 3.63) is 11.1 Å². The molecule has 2 saturated heterocycles. The molecule has 6 nitrogen and oxygen atoms in total. The Balaban J connectivity index is 1.57. The summed E-state index contributed by atoms with van der Waals surface area (Å²) in [5, 5.41) is 0. The highest BCUT2D eigenvalue weighted by Crippen LogP contribution is 2.63. The minimum atomic E-state index is -0.466. The van der Waals surface area contributed by atoms with Crippen LogP contribution in [0.3, 0.4) is 0 Å². The highest BCUT2D eigenvalue weighted by Gasteiger charge is 2.71. The molecule has 0 aromatic carbocycles. The van der Waals surface area contributed by atoms with Crippen molar-refractivity contribution >= 4 is 23.6 Å². The molecule has 4 unspecified atom stereocenters. The SMILES string of the molecule is CCCCCCCCN1C(=O)C2C(C1=O)C1C(CCC)=C(CCC)C2C2C(=O)N(CCCCCCCC)C(=O)C21. The van der Waals surface area contributed by atoms with E-state index in [9.17, 15) is 19.2 Å². The minimum absolute atomic E-state index is 0.0733. The van der Waals surface area contributed by atoms with E-state index in [1.165, 1.54) is 59.5 Å². The van der Waals surface area contributed by atoms with Crippen LogP contribution in [0.4, 0.5) is 0 Å². The Morgan fingerprint density at radius 1 is 0.400 bits per heavy atom. The minimum Gasteiger partial charge on any atom is -0.282 e. The molecule has 0 aromatic rings. The average molecular weight is 555 g/mol. The van der Waals surface area contributed by atoms with Crippen LogP contribution in [-0.2, 0) is 19.2 Å². The van der Waals surface area contributed by atoms with Crippen molar-refractivity contribution in [2.75, 3.05) is 13.1 Å². The molecule has 2 bridgehead atoms. The van der Waals surface area contributed by atoms with Crippen molar-refractivity contribution < 1.29 is 19.2 Å². The topological polar surface area (TPSA) is 74.8 Å². The smallest absolute Gasteiger partial charge is 0.233 e. The zero-order valence-electron chi connectivity index (χ0n) is 25.7. The summed E-state index contributed by atoms with van der Waals surface area (Å²) in [6.45, 7) is 9.64. The monoisotopic (exact) mass is 554 g/mol. The molecule has 3 fully saturated rings. The quantitative estimate of drug-likeness (QED) is 0.103. The number of allylic oxidation sites excluding steroid dienone is 2. The molecule has 1 saturated carbocycles. The first-order chi connectivity index (χ1) is 19.4. The molecule has 224 valence electrons. The lowest BCUT2D eigenvalue weighted by atomic mass is 9.48. The first-order valence-corrected chi connectivity index (χ1v) is 16.9. The van der Waals surface area contributed by atoms with Crippen LogP contribution in [0.1, 0.15) is 130 Å². The van der Waals surface area contributed by atoms with E-state index in [1.807, 2.05) is 0 Å². The highest BCUT2D eigenvalue weighted by molar-refractivity contribution is 6.11. The van der Waals surface area contributed by atoms with Gasteiger partial charge in [-0.05, 0) is 25.7 Å². The molecule has 4 atom stereocenters. The van der Waals surface area contributed by atoms with Crippen LogP contribution in [0, 0.1) is 35.5 Å². The number of amides is 4. The van der Waals surface area contributed by atoms with Gasteiger partial charge in [-0.2, -0.15) is 0 Å². The number of unbranched alkanes of at least 4 members (excludes halogenated alkanes) is 10. The van der Waals surface area contributed by atoms with Crippen LogP contribution in [-0.4, -0.2) is 46.5 Å². The van der Waals surface area contributed by atoms with Crippen LogP contribution in [0.5, 0.6) is 0 Å². The van der Waals surface area contributed by atoms with E-state index < -0.39 is 23.7 Å². The maximum atomic E-state index is 13.9. The summed E-state index contributed by atoms with van der Waals surface area (Å²) in [5.74, 6) is -2.74. The maximum absolute atomic E-state index is 13.9. The summed E-state index contributed by atoms with van der Waals surface area (Å²) in [7, 11) is 0. The van der Waals surface area contributed by atoms with Crippen molar-refractivity contribution in [1.82, 2.24) is 9.80 Å². The van der Waals surface area contributed by atoms with Gasteiger partial charge < -0.3 is 0 Å². The molecule has 5 aliphatic rings. The Hall–Kier alpha value is -1.98. The van der Waals surface area contributed by atoms with Gasteiger partial charge in [-0.3, -0.25) is 29.0 Å². The third-order valence-corrected chi connectivity index (χ3v) is 10.3. The summed E-state index contributed by atoms with van der Waals surface area (Å²) in [6.07, 6.45) is 16.8. The molecule has 6 heteroatoms. The molecule has 0 spiro atoms. The maximum Gasteiger partial charge on any atom is 0.233 e. The van der Waals surface area contributed by atoms with Crippen LogP contribution < -0.4 is 0 Å². The van der Waals surface area contributed by atoms with Crippen molar-refractivity contribution in [2.45, 2.75) is 130 Å². The third kappa shape index (κ3) is 5.70. The number of rotatable bonds is 18. The molecular weight excluding hydrogens is 500 g/mol. The van der Waals surface area contributed by atoms with Crippen LogP contribution >= 0.6 is 0 Å². The van der Waals surface area contributed by atoms with Gasteiger partial charge in [0.15, 0.2) is 0 Å². The summed E-state index contributed by atoms with van der Waals surface area (Å²) in [4.78, 5) is 58.8. The first kappa shape index (κ1) is 31.0. The van der Waals surface area contributed by atoms with E-state index in [0.29, 0.717) is 13.1 Å². The van der Waals surface area contributed by atoms with Crippen molar-refractivity contribution in [3.8, 4) is 0 Å². The van der Waals surface area contributed by atoms with E-state index in [4.69, 9.17) is 0 Å². The Kier molecular flexibility index (Phi) is 11.0. The fourth-order valence-corrected chi connectivity index (χ4v) is 8.54. The third-order valence-electron chi connectivity index (χ3n) is 10.3. The van der Waals surface area contributed by atoms with E-state index in [2.05, 4.69) is 27.7 Å². The van der Waals surface area contributed by atoms with E-state index in [-0.39, 0.29) is 35.5 Å². The lowest BCUT2D eigenvalue weighted by Crippen LogP contribution is -2.54. The van der Waals surface area contributed by atoms with Crippen LogP contribution in [0.15, 0.2) is 11.1 Å². The number of nitrogens with zero attached hydrogens (tertiary/aromatic N) is 2. The second kappa shape index (κ2) is 14.3. The zero-order valence-corrected chi connectivity index (χ0v) is 25.7. The largest absolute Gasteiger partial charge is 0.282 e. The summed E-state index contributed by atoms with van der Waals surface area (Å²) in [5.41, 5.74) is 2.48. The Bertz CT molecular complexity index is 851. The Labute approximate surface area is 242 Å².